The standard InChI is InChI=1S/C17H32N2O/c1-5-6-7-8-9-14(2)20-15(3)12-17(4,13-18)19-16-10-11-16/h14-16,19H,5-12H2,1-4H3. The quantitative estimate of drug-likeness (QED) is 0.578. The molecule has 0 aromatic carbocycles. The zero-order chi connectivity index (χ0) is 15.0. The third-order valence-corrected chi connectivity index (χ3v) is 3.97. The van der Waals surface area contributed by atoms with Crippen molar-refractivity contribution < 1.29 is 4.74 Å². The van der Waals surface area contributed by atoms with Crippen molar-refractivity contribution in [2.75, 3.05) is 0 Å². The molecule has 1 aliphatic carbocycles. The Bertz CT molecular complexity index is 309. The van der Waals surface area contributed by atoms with Crippen LogP contribution in [0.1, 0.15) is 79.1 Å². The molecule has 0 aromatic heterocycles. The monoisotopic (exact) mass is 280 g/mol. The van der Waals surface area contributed by atoms with E-state index >= 15 is 0 Å². The van der Waals surface area contributed by atoms with Gasteiger partial charge in [-0.15, -0.1) is 0 Å². The van der Waals surface area contributed by atoms with Crippen molar-refractivity contribution >= 4 is 0 Å². The molecule has 20 heavy (non-hydrogen) atoms. The third-order valence-electron chi connectivity index (χ3n) is 3.97. The van der Waals surface area contributed by atoms with E-state index in [1.165, 1.54) is 38.5 Å². The van der Waals surface area contributed by atoms with Gasteiger partial charge in [0.05, 0.1) is 18.3 Å². The highest BCUT2D eigenvalue weighted by atomic mass is 16.5. The van der Waals surface area contributed by atoms with Crippen molar-refractivity contribution in [3.05, 3.63) is 0 Å². The third kappa shape index (κ3) is 7.26. The van der Waals surface area contributed by atoms with Crippen molar-refractivity contribution in [2.45, 2.75) is 103 Å². The molecular weight excluding hydrogens is 248 g/mol. The fourth-order valence-corrected chi connectivity index (χ4v) is 2.76. The Hall–Kier alpha value is -0.590. The van der Waals surface area contributed by atoms with Gasteiger partial charge in [-0.1, -0.05) is 32.6 Å². The lowest BCUT2D eigenvalue weighted by atomic mass is 9.96. The lowest BCUT2D eigenvalue weighted by Crippen LogP contribution is -2.45. The van der Waals surface area contributed by atoms with E-state index in [2.05, 4.69) is 32.2 Å². The topological polar surface area (TPSA) is 45.0 Å². The average Bonchev–Trinajstić information content (AvgIpc) is 3.18. The van der Waals surface area contributed by atoms with Crippen LogP contribution in [0.4, 0.5) is 0 Å². The summed E-state index contributed by atoms with van der Waals surface area (Å²) >= 11 is 0. The summed E-state index contributed by atoms with van der Waals surface area (Å²) in [7, 11) is 0. The van der Waals surface area contributed by atoms with Crippen LogP contribution in [0.2, 0.25) is 0 Å². The Kier molecular flexibility index (Phi) is 7.55. The molecular formula is C17H32N2O. The molecule has 0 aromatic rings. The second-order valence-corrected chi connectivity index (χ2v) is 6.67. The molecule has 3 heteroatoms. The molecule has 1 aliphatic rings. The summed E-state index contributed by atoms with van der Waals surface area (Å²) in [5.41, 5.74) is -0.442. The highest BCUT2D eigenvalue weighted by molar-refractivity contribution is 5.07. The SMILES string of the molecule is CCCCCCC(C)OC(C)CC(C)(C#N)NC1CC1. The van der Waals surface area contributed by atoms with Gasteiger partial charge in [0, 0.05) is 12.5 Å². The predicted molar refractivity (Wildman–Crippen MR) is 83.6 cm³/mol. The van der Waals surface area contributed by atoms with Crippen molar-refractivity contribution in [2.24, 2.45) is 0 Å². The van der Waals surface area contributed by atoms with Gasteiger partial charge < -0.3 is 4.74 Å². The Morgan fingerprint density at radius 2 is 1.95 bits per heavy atom. The van der Waals surface area contributed by atoms with Crippen LogP contribution in [0.15, 0.2) is 0 Å². The van der Waals surface area contributed by atoms with Crippen LogP contribution in [0.3, 0.4) is 0 Å². The molecule has 1 N–H and O–H groups in total. The molecule has 3 nitrogen and oxygen atoms in total. The number of unbranched alkanes of at least 4 members (excludes halogenated alkanes) is 3. The van der Waals surface area contributed by atoms with E-state index in [-0.39, 0.29) is 6.10 Å². The van der Waals surface area contributed by atoms with E-state index in [1.807, 2.05) is 6.92 Å². The van der Waals surface area contributed by atoms with Crippen LogP contribution >= 0.6 is 0 Å². The number of rotatable bonds is 11. The van der Waals surface area contributed by atoms with Gasteiger partial charge in [-0.05, 0) is 40.0 Å². The molecule has 3 atom stereocenters. The van der Waals surface area contributed by atoms with E-state index < -0.39 is 5.54 Å². The number of nitriles is 1. The molecule has 0 radical (unpaired) electrons. The number of nitrogens with zero attached hydrogens (tertiary/aromatic N) is 1. The molecule has 3 unspecified atom stereocenters. The summed E-state index contributed by atoms with van der Waals surface area (Å²) in [6.07, 6.45) is 9.88. The van der Waals surface area contributed by atoms with Gasteiger partial charge in [-0.2, -0.15) is 5.26 Å². The second kappa shape index (κ2) is 8.64. The van der Waals surface area contributed by atoms with Crippen LogP contribution < -0.4 is 5.32 Å². The zero-order valence-electron chi connectivity index (χ0n) is 13.7. The van der Waals surface area contributed by atoms with Gasteiger partial charge >= 0.3 is 0 Å². The number of hydrogen-bond acceptors (Lipinski definition) is 3. The van der Waals surface area contributed by atoms with E-state index in [0.29, 0.717) is 12.1 Å². The summed E-state index contributed by atoms with van der Waals surface area (Å²) in [6, 6.07) is 2.98. The van der Waals surface area contributed by atoms with E-state index in [0.717, 1.165) is 12.8 Å². The molecule has 0 amide bonds. The minimum absolute atomic E-state index is 0.132. The lowest BCUT2D eigenvalue weighted by molar-refractivity contribution is -0.00966. The molecule has 0 spiro atoms. The maximum Gasteiger partial charge on any atom is 0.106 e. The van der Waals surface area contributed by atoms with E-state index in [9.17, 15) is 5.26 Å². The minimum atomic E-state index is -0.442. The zero-order valence-corrected chi connectivity index (χ0v) is 13.7. The molecule has 1 rings (SSSR count). The number of nitrogens with one attached hydrogen (secondary N) is 1. The maximum absolute atomic E-state index is 9.38. The normalized spacial score (nSPS) is 20.9. The summed E-state index contributed by atoms with van der Waals surface area (Å²) < 4.78 is 6.04. The summed E-state index contributed by atoms with van der Waals surface area (Å²) in [5, 5.41) is 12.8. The Morgan fingerprint density at radius 1 is 1.25 bits per heavy atom. The maximum atomic E-state index is 9.38. The van der Waals surface area contributed by atoms with Crippen LogP contribution in [-0.4, -0.2) is 23.8 Å². The van der Waals surface area contributed by atoms with E-state index in [1.54, 1.807) is 0 Å². The lowest BCUT2D eigenvalue weighted by Gasteiger charge is -2.28. The number of ether oxygens (including phenoxy) is 1. The highest BCUT2D eigenvalue weighted by Gasteiger charge is 2.34. The van der Waals surface area contributed by atoms with Crippen molar-refractivity contribution in [3.63, 3.8) is 0 Å². The predicted octanol–water partition coefficient (Wildman–Crippen LogP) is 4.17. The largest absolute Gasteiger partial charge is 0.375 e. The van der Waals surface area contributed by atoms with Crippen LogP contribution in [0.25, 0.3) is 0 Å². The first-order valence-electron chi connectivity index (χ1n) is 8.33. The Balaban J connectivity index is 2.23. The molecule has 116 valence electrons. The molecule has 1 fully saturated rings. The van der Waals surface area contributed by atoms with Gasteiger partial charge in [0.15, 0.2) is 0 Å². The molecule has 0 aliphatic heterocycles. The van der Waals surface area contributed by atoms with Gasteiger partial charge in [0.1, 0.15) is 5.54 Å². The molecule has 0 saturated heterocycles. The minimum Gasteiger partial charge on any atom is -0.375 e. The molecule has 0 heterocycles. The van der Waals surface area contributed by atoms with Crippen molar-refractivity contribution in [1.29, 1.82) is 5.26 Å². The van der Waals surface area contributed by atoms with Crippen molar-refractivity contribution in [1.82, 2.24) is 5.32 Å². The fraction of sp³-hybridized carbons (Fsp3) is 0.941. The van der Waals surface area contributed by atoms with Crippen LogP contribution in [0.5, 0.6) is 0 Å². The second-order valence-electron chi connectivity index (χ2n) is 6.67. The van der Waals surface area contributed by atoms with Gasteiger partial charge in [0.25, 0.3) is 0 Å². The Morgan fingerprint density at radius 3 is 2.50 bits per heavy atom. The summed E-state index contributed by atoms with van der Waals surface area (Å²) in [5.74, 6) is 0. The smallest absolute Gasteiger partial charge is 0.106 e. The van der Waals surface area contributed by atoms with Crippen LogP contribution in [-0.2, 0) is 4.74 Å². The first-order chi connectivity index (χ1) is 9.49. The Labute approximate surface area is 125 Å². The van der Waals surface area contributed by atoms with Gasteiger partial charge in [-0.25, -0.2) is 0 Å². The summed E-state index contributed by atoms with van der Waals surface area (Å²) in [6.45, 7) is 8.47. The van der Waals surface area contributed by atoms with Gasteiger partial charge in [0.2, 0.25) is 0 Å². The summed E-state index contributed by atoms with van der Waals surface area (Å²) in [4.78, 5) is 0. The molecule has 0 bridgehead atoms. The fourth-order valence-electron chi connectivity index (χ4n) is 2.76. The number of hydrogen-bond donors (Lipinski definition) is 1. The highest BCUT2D eigenvalue weighted by Crippen LogP contribution is 2.25. The van der Waals surface area contributed by atoms with Crippen molar-refractivity contribution in [3.8, 4) is 6.07 Å². The first-order valence-corrected chi connectivity index (χ1v) is 8.33. The first kappa shape index (κ1) is 17.5. The van der Waals surface area contributed by atoms with E-state index in [4.69, 9.17) is 4.74 Å². The van der Waals surface area contributed by atoms with Crippen LogP contribution in [0, 0.1) is 11.3 Å². The molecule has 1 saturated carbocycles. The van der Waals surface area contributed by atoms with Gasteiger partial charge in [-0.3, -0.25) is 5.32 Å². The average molecular weight is 280 g/mol.